The van der Waals surface area contributed by atoms with E-state index in [9.17, 15) is 0 Å². The van der Waals surface area contributed by atoms with E-state index in [2.05, 4.69) is 58.5 Å². The van der Waals surface area contributed by atoms with Gasteiger partial charge in [-0.3, -0.25) is 4.98 Å². The van der Waals surface area contributed by atoms with Crippen LogP contribution in [-0.2, 0) is 13.0 Å². The van der Waals surface area contributed by atoms with E-state index in [1.54, 1.807) is 0 Å². The Morgan fingerprint density at radius 3 is 2.90 bits per heavy atom. The molecular weight excluding hydrogens is 246 g/mol. The van der Waals surface area contributed by atoms with Crippen LogP contribution in [0.2, 0.25) is 0 Å². The van der Waals surface area contributed by atoms with Crippen LogP contribution in [0.25, 0.3) is 0 Å². The summed E-state index contributed by atoms with van der Waals surface area (Å²) >= 11 is 0. The van der Waals surface area contributed by atoms with E-state index in [4.69, 9.17) is 0 Å². The normalized spacial score (nSPS) is 18.4. The smallest absolute Gasteiger partial charge is 0.0421 e. The van der Waals surface area contributed by atoms with Crippen molar-refractivity contribution in [1.29, 1.82) is 0 Å². The van der Waals surface area contributed by atoms with Crippen LogP contribution in [0.3, 0.4) is 0 Å². The van der Waals surface area contributed by atoms with Gasteiger partial charge >= 0.3 is 0 Å². The Labute approximate surface area is 120 Å². The first-order valence-electron chi connectivity index (χ1n) is 7.29. The predicted octanol–water partition coefficient (Wildman–Crippen LogP) is 2.62. The SMILES string of the molecule is CC1CN(CCc2ccccn2)c2ccccc2CN1. The van der Waals surface area contributed by atoms with E-state index >= 15 is 0 Å². The quantitative estimate of drug-likeness (QED) is 0.926. The number of aromatic nitrogens is 1. The maximum atomic E-state index is 4.42. The van der Waals surface area contributed by atoms with Gasteiger partial charge in [0, 0.05) is 49.7 Å². The monoisotopic (exact) mass is 267 g/mol. The summed E-state index contributed by atoms with van der Waals surface area (Å²) < 4.78 is 0. The Hall–Kier alpha value is -1.87. The van der Waals surface area contributed by atoms with Crippen LogP contribution in [0.5, 0.6) is 0 Å². The Morgan fingerprint density at radius 1 is 1.20 bits per heavy atom. The van der Waals surface area contributed by atoms with Crippen molar-refractivity contribution >= 4 is 5.69 Å². The fraction of sp³-hybridized carbons (Fsp3) is 0.353. The summed E-state index contributed by atoms with van der Waals surface area (Å²) in [5.41, 5.74) is 3.91. The van der Waals surface area contributed by atoms with Gasteiger partial charge in [0.2, 0.25) is 0 Å². The van der Waals surface area contributed by atoms with Crippen LogP contribution in [0.4, 0.5) is 5.69 Å². The zero-order valence-corrected chi connectivity index (χ0v) is 11.9. The molecule has 3 rings (SSSR count). The van der Waals surface area contributed by atoms with Crippen molar-refractivity contribution in [2.75, 3.05) is 18.0 Å². The highest BCUT2D eigenvalue weighted by molar-refractivity contribution is 5.54. The molecule has 1 N–H and O–H groups in total. The van der Waals surface area contributed by atoms with Crippen molar-refractivity contribution in [1.82, 2.24) is 10.3 Å². The minimum Gasteiger partial charge on any atom is -0.369 e. The van der Waals surface area contributed by atoms with Crippen LogP contribution in [0.15, 0.2) is 48.7 Å². The molecule has 1 atom stereocenters. The van der Waals surface area contributed by atoms with Gasteiger partial charge in [-0.2, -0.15) is 0 Å². The van der Waals surface area contributed by atoms with Crippen molar-refractivity contribution < 1.29 is 0 Å². The number of nitrogens with zero attached hydrogens (tertiary/aromatic N) is 2. The molecule has 0 bridgehead atoms. The first-order chi connectivity index (χ1) is 9.83. The number of benzene rings is 1. The van der Waals surface area contributed by atoms with Crippen LogP contribution in [0, 0.1) is 0 Å². The molecule has 1 aliphatic heterocycles. The topological polar surface area (TPSA) is 28.2 Å². The average Bonchev–Trinajstić information content (AvgIpc) is 2.66. The second-order valence-corrected chi connectivity index (χ2v) is 5.43. The molecule has 0 aliphatic carbocycles. The number of para-hydroxylation sites is 1. The molecule has 0 saturated carbocycles. The van der Waals surface area contributed by atoms with Crippen molar-refractivity contribution in [3.8, 4) is 0 Å². The second kappa shape index (κ2) is 6.06. The molecule has 3 heteroatoms. The Bertz CT molecular complexity index is 553. The van der Waals surface area contributed by atoms with Crippen LogP contribution < -0.4 is 10.2 Å². The molecule has 0 spiro atoms. The number of rotatable bonds is 3. The number of hydrogen-bond donors (Lipinski definition) is 1. The average molecular weight is 267 g/mol. The maximum absolute atomic E-state index is 4.42. The van der Waals surface area contributed by atoms with Crippen molar-refractivity contribution in [3.05, 3.63) is 59.9 Å². The van der Waals surface area contributed by atoms with Gasteiger partial charge in [-0.1, -0.05) is 24.3 Å². The number of pyridine rings is 1. The molecule has 0 saturated heterocycles. The number of fused-ring (bicyclic) bond motifs is 1. The van der Waals surface area contributed by atoms with Gasteiger partial charge in [-0.25, -0.2) is 0 Å². The van der Waals surface area contributed by atoms with Gasteiger partial charge < -0.3 is 10.2 Å². The molecule has 0 fully saturated rings. The van der Waals surface area contributed by atoms with Crippen LogP contribution in [-0.4, -0.2) is 24.1 Å². The summed E-state index contributed by atoms with van der Waals surface area (Å²) in [5, 5.41) is 3.57. The molecule has 0 radical (unpaired) electrons. The Balaban J connectivity index is 1.77. The summed E-state index contributed by atoms with van der Waals surface area (Å²) in [6.45, 7) is 5.26. The standard InChI is InChI=1S/C17H21N3/c1-14-13-20(11-9-16-7-4-5-10-18-16)17-8-3-2-6-15(17)12-19-14/h2-8,10,14,19H,9,11-13H2,1H3. The van der Waals surface area contributed by atoms with Gasteiger partial charge in [0.15, 0.2) is 0 Å². The van der Waals surface area contributed by atoms with Gasteiger partial charge in [0.05, 0.1) is 0 Å². The number of nitrogens with one attached hydrogen (secondary N) is 1. The van der Waals surface area contributed by atoms with E-state index in [1.807, 2.05) is 12.3 Å². The van der Waals surface area contributed by atoms with Crippen LogP contribution in [0.1, 0.15) is 18.2 Å². The van der Waals surface area contributed by atoms with Crippen molar-refractivity contribution in [2.45, 2.75) is 25.9 Å². The van der Waals surface area contributed by atoms with Crippen LogP contribution >= 0.6 is 0 Å². The molecule has 2 heterocycles. The molecule has 1 aliphatic rings. The lowest BCUT2D eigenvalue weighted by atomic mass is 10.1. The summed E-state index contributed by atoms with van der Waals surface area (Å²) in [4.78, 5) is 6.90. The number of hydrogen-bond acceptors (Lipinski definition) is 3. The molecule has 1 unspecified atom stereocenters. The van der Waals surface area contributed by atoms with Gasteiger partial charge in [-0.05, 0) is 30.7 Å². The fourth-order valence-corrected chi connectivity index (χ4v) is 2.75. The molecule has 3 nitrogen and oxygen atoms in total. The van der Waals surface area contributed by atoms with Gasteiger partial charge in [0.25, 0.3) is 0 Å². The lowest BCUT2D eigenvalue weighted by Crippen LogP contribution is -2.37. The lowest BCUT2D eigenvalue weighted by Gasteiger charge is -2.26. The molecule has 0 amide bonds. The van der Waals surface area contributed by atoms with E-state index < -0.39 is 0 Å². The minimum atomic E-state index is 0.506. The zero-order chi connectivity index (χ0) is 13.8. The third-order valence-electron chi connectivity index (χ3n) is 3.83. The molecule has 2 aromatic rings. The highest BCUT2D eigenvalue weighted by Crippen LogP contribution is 2.23. The van der Waals surface area contributed by atoms with E-state index in [1.165, 1.54) is 11.3 Å². The summed E-state index contributed by atoms with van der Waals surface area (Å²) in [5.74, 6) is 0. The van der Waals surface area contributed by atoms with E-state index in [-0.39, 0.29) is 0 Å². The summed E-state index contributed by atoms with van der Waals surface area (Å²) in [6.07, 6.45) is 2.86. The van der Waals surface area contributed by atoms with E-state index in [0.717, 1.165) is 31.7 Å². The second-order valence-electron chi connectivity index (χ2n) is 5.43. The summed E-state index contributed by atoms with van der Waals surface area (Å²) in [6, 6.07) is 15.3. The molecular formula is C17H21N3. The highest BCUT2D eigenvalue weighted by atomic mass is 15.2. The summed E-state index contributed by atoms with van der Waals surface area (Å²) in [7, 11) is 0. The first kappa shape index (κ1) is 13.1. The Kier molecular flexibility index (Phi) is 3.97. The molecule has 1 aromatic carbocycles. The third-order valence-corrected chi connectivity index (χ3v) is 3.83. The Morgan fingerprint density at radius 2 is 2.05 bits per heavy atom. The van der Waals surface area contributed by atoms with Crippen molar-refractivity contribution in [3.63, 3.8) is 0 Å². The molecule has 104 valence electrons. The maximum Gasteiger partial charge on any atom is 0.0421 e. The molecule has 1 aromatic heterocycles. The fourth-order valence-electron chi connectivity index (χ4n) is 2.75. The zero-order valence-electron chi connectivity index (χ0n) is 11.9. The van der Waals surface area contributed by atoms with E-state index in [0.29, 0.717) is 6.04 Å². The first-order valence-corrected chi connectivity index (χ1v) is 7.29. The predicted molar refractivity (Wildman–Crippen MR) is 82.9 cm³/mol. The van der Waals surface area contributed by atoms with Gasteiger partial charge in [0.1, 0.15) is 0 Å². The molecule has 20 heavy (non-hydrogen) atoms. The number of anilines is 1. The minimum absolute atomic E-state index is 0.506. The highest BCUT2D eigenvalue weighted by Gasteiger charge is 2.18. The van der Waals surface area contributed by atoms with Gasteiger partial charge in [-0.15, -0.1) is 0 Å². The largest absolute Gasteiger partial charge is 0.369 e. The lowest BCUT2D eigenvalue weighted by molar-refractivity contribution is 0.552. The third kappa shape index (κ3) is 2.99. The van der Waals surface area contributed by atoms with Crippen molar-refractivity contribution in [2.24, 2.45) is 0 Å².